The Kier molecular flexibility index (Phi) is 2.40. The van der Waals surface area contributed by atoms with Gasteiger partial charge in [-0.25, -0.2) is 4.98 Å². The van der Waals surface area contributed by atoms with E-state index in [1.54, 1.807) is 12.3 Å². The Morgan fingerprint density at radius 3 is 2.95 bits per heavy atom. The van der Waals surface area contributed by atoms with E-state index >= 15 is 0 Å². The van der Waals surface area contributed by atoms with E-state index in [9.17, 15) is 4.79 Å². The summed E-state index contributed by atoms with van der Waals surface area (Å²) in [6.07, 6.45) is 3.67. The van der Waals surface area contributed by atoms with Crippen LogP contribution in [0.4, 0.5) is 0 Å². The van der Waals surface area contributed by atoms with Crippen LogP contribution in [0.3, 0.4) is 0 Å². The first-order valence-corrected chi connectivity index (χ1v) is 7.08. The number of carbonyl (C=O) groups excluding carboxylic acids is 1. The molecule has 0 bridgehead atoms. The molecule has 0 radical (unpaired) electrons. The number of aryl methyl sites for hydroxylation is 1. The Morgan fingerprint density at radius 1 is 1.33 bits per heavy atom. The second-order valence-corrected chi connectivity index (χ2v) is 6.25. The lowest BCUT2D eigenvalue weighted by Gasteiger charge is -2.36. The zero-order chi connectivity index (χ0) is 14.6. The third-order valence-electron chi connectivity index (χ3n) is 4.02. The Morgan fingerprint density at radius 2 is 2.19 bits per heavy atom. The fourth-order valence-electron chi connectivity index (χ4n) is 3.07. The van der Waals surface area contributed by atoms with Gasteiger partial charge in [0.05, 0.1) is 11.9 Å². The summed E-state index contributed by atoms with van der Waals surface area (Å²) in [4.78, 5) is 20.2. The molecule has 0 aromatic carbocycles. The number of imidazole rings is 1. The van der Waals surface area contributed by atoms with Gasteiger partial charge in [-0.05, 0) is 26.7 Å². The maximum Gasteiger partial charge on any atom is 0.202 e. The van der Waals surface area contributed by atoms with Gasteiger partial charge in [-0.2, -0.15) is 0 Å². The zero-order valence-electron chi connectivity index (χ0n) is 12.0. The van der Waals surface area contributed by atoms with Crippen molar-refractivity contribution in [3.05, 3.63) is 29.2 Å². The molecule has 108 valence electrons. The third kappa shape index (κ3) is 1.90. The topological polar surface area (TPSA) is 83.8 Å². The highest BCUT2D eigenvalue weighted by Gasteiger charge is 2.36. The molecular formula is C15H16N4O2. The first kappa shape index (κ1) is 12.4. The number of rotatable bonds is 1. The van der Waals surface area contributed by atoms with Crippen molar-refractivity contribution in [3.8, 4) is 11.6 Å². The van der Waals surface area contributed by atoms with Crippen molar-refractivity contribution in [3.63, 3.8) is 0 Å². The first-order chi connectivity index (χ1) is 10.0. The van der Waals surface area contributed by atoms with Crippen LogP contribution in [0, 0.1) is 0 Å². The van der Waals surface area contributed by atoms with E-state index < -0.39 is 0 Å². The van der Waals surface area contributed by atoms with Crippen LogP contribution < -0.4 is 5.32 Å². The van der Waals surface area contributed by atoms with Crippen molar-refractivity contribution in [2.45, 2.75) is 38.6 Å². The molecule has 0 saturated heterocycles. The van der Waals surface area contributed by atoms with Crippen molar-refractivity contribution >= 4 is 11.5 Å². The molecule has 6 heteroatoms. The summed E-state index contributed by atoms with van der Waals surface area (Å²) >= 11 is 0. The van der Waals surface area contributed by atoms with Gasteiger partial charge in [0.25, 0.3) is 0 Å². The van der Waals surface area contributed by atoms with Crippen LogP contribution in [0.25, 0.3) is 17.3 Å². The van der Waals surface area contributed by atoms with E-state index in [4.69, 9.17) is 4.52 Å². The highest BCUT2D eigenvalue weighted by Crippen LogP contribution is 2.36. The Bertz CT molecular complexity index is 753. The standard InChI is InChI=1S/C15H16N4O2/c1-15(2)7-10(20)8-3-4-9-13(12(8)19-15)18-14(17-9)11-5-6-16-21-11/h5-6,19H,3-4,7H2,1-2H3,(H,17,18). The summed E-state index contributed by atoms with van der Waals surface area (Å²) in [6.45, 7) is 4.07. The number of nitrogens with zero attached hydrogens (tertiary/aromatic N) is 2. The number of carbonyl (C=O) groups is 1. The molecule has 0 unspecified atom stereocenters. The number of hydrogen-bond donors (Lipinski definition) is 2. The largest absolute Gasteiger partial charge is 0.378 e. The van der Waals surface area contributed by atoms with E-state index in [1.165, 1.54) is 0 Å². The van der Waals surface area contributed by atoms with Gasteiger partial charge in [0.2, 0.25) is 5.76 Å². The van der Waals surface area contributed by atoms with E-state index in [-0.39, 0.29) is 11.3 Å². The van der Waals surface area contributed by atoms with Crippen LogP contribution in [0.5, 0.6) is 0 Å². The van der Waals surface area contributed by atoms with Crippen molar-refractivity contribution in [1.29, 1.82) is 0 Å². The van der Waals surface area contributed by atoms with E-state index in [0.717, 1.165) is 35.5 Å². The number of fused-ring (bicyclic) bond motifs is 2. The summed E-state index contributed by atoms with van der Waals surface area (Å²) in [6, 6.07) is 1.77. The molecule has 0 fully saturated rings. The van der Waals surface area contributed by atoms with E-state index in [1.807, 2.05) is 13.8 Å². The second kappa shape index (κ2) is 4.07. The summed E-state index contributed by atoms with van der Waals surface area (Å²) in [5.41, 5.74) is 3.38. The molecule has 0 saturated carbocycles. The number of nitrogens with one attached hydrogen (secondary N) is 2. The van der Waals surface area contributed by atoms with Gasteiger partial charge in [-0.15, -0.1) is 0 Å². The molecule has 0 spiro atoms. The molecule has 0 atom stereocenters. The van der Waals surface area contributed by atoms with Crippen LogP contribution in [0.1, 0.15) is 38.1 Å². The van der Waals surface area contributed by atoms with Gasteiger partial charge < -0.3 is 14.8 Å². The number of allylic oxidation sites excluding steroid dienone is 1. The highest BCUT2D eigenvalue weighted by molar-refractivity contribution is 6.05. The average Bonchev–Trinajstić information content (AvgIpc) is 3.06. The predicted molar refractivity (Wildman–Crippen MR) is 76.2 cm³/mol. The van der Waals surface area contributed by atoms with Crippen molar-refractivity contribution in [2.24, 2.45) is 0 Å². The third-order valence-corrected chi connectivity index (χ3v) is 4.02. The lowest BCUT2D eigenvalue weighted by molar-refractivity contribution is -0.117. The Labute approximate surface area is 121 Å². The number of aromatic amines is 1. The monoisotopic (exact) mass is 284 g/mol. The maximum absolute atomic E-state index is 12.3. The van der Waals surface area contributed by atoms with E-state index in [0.29, 0.717) is 18.0 Å². The summed E-state index contributed by atoms with van der Waals surface area (Å²) in [5.74, 6) is 1.49. The number of Topliss-reactive ketones (excluding diaryl/α,β-unsaturated/α-hetero) is 1. The van der Waals surface area contributed by atoms with Crippen LogP contribution in [-0.2, 0) is 11.2 Å². The van der Waals surface area contributed by atoms with Gasteiger partial charge in [0, 0.05) is 29.3 Å². The molecule has 2 aromatic heterocycles. The van der Waals surface area contributed by atoms with Crippen molar-refractivity contribution in [2.75, 3.05) is 0 Å². The van der Waals surface area contributed by atoms with Crippen LogP contribution in [-0.4, -0.2) is 26.4 Å². The Hall–Kier alpha value is -2.37. The number of hydrogen-bond acceptors (Lipinski definition) is 5. The molecular weight excluding hydrogens is 268 g/mol. The van der Waals surface area contributed by atoms with Gasteiger partial charge in [-0.3, -0.25) is 4.79 Å². The fourth-order valence-corrected chi connectivity index (χ4v) is 3.07. The summed E-state index contributed by atoms with van der Waals surface area (Å²) in [5, 5.41) is 7.17. The second-order valence-electron chi connectivity index (χ2n) is 6.25. The zero-order valence-corrected chi connectivity index (χ0v) is 12.0. The molecule has 0 amide bonds. The molecule has 21 heavy (non-hydrogen) atoms. The van der Waals surface area contributed by atoms with Crippen LogP contribution in [0.2, 0.25) is 0 Å². The fraction of sp³-hybridized carbons (Fsp3) is 0.400. The van der Waals surface area contributed by atoms with Crippen molar-refractivity contribution in [1.82, 2.24) is 20.4 Å². The summed E-state index contributed by atoms with van der Waals surface area (Å²) < 4.78 is 5.15. The van der Waals surface area contributed by atoms with Gasteiger partial charge in [-0.1, -0.05) is 5.16 Å². The van der Waals surface area contributed by atoms with Crippen LogP contribution >= 0.6 is 0 Å². The lowest BCUT2D eigenvalue weighted by atomic mass is 9.83. The normalized spacial score (nSPS) is 20.0. The number of H-pyrrole nitrogens is 1. The molecule has 2 aliphatic rings. The molecule has 2 N–H and O–H groups in total. The molecule has 3 heterocycles. The summed E-state index contributed by atoms with van der Waals surface area (Å²) in [7, 11) is 0. The Balaban J connectivity index is 1.83. The predicted octanol–water partition coefficient (Wildman–Crippen LogP) is 2.06. The maximum atomic E-state index is 12.3. The number of ketones is 1. The minimum Gasteiger partial charge on any atom is -0.378 e. The number of aromatic nitrogens is 3. The lowest BCUT2D eigenvalue weighted by Crippen LogP contribution is -2.45. The SMILES string of the molecule is CC1(C)CC(=O)C2=C(N1)c1nc(-c3ccno3)[nH]c1CC2. The minimum absolute atomic E-state index is 0.226. The van der Waals surface area contributed by atoms with Crippen LogP contribution in [0.15, 0.2) is 22.4 Å². The molecule has 4 rings (SSSR count). The van der Waals surface area contributed by atoms with Gasteiger partial charge in [0.15, 0.2) is 11.6 Å². The molecule has 1 aliphatic heterocycles. The minimum atomic E-state index is -0.240. The first-order valence-electron chi connectivity index (χ1n) is 7.08. The highest BCUT2D eigenvalue weighted by atomic mass is 16.5. The quantitative estimate of drug-likeness (QED) is 0.837. The molecule has 2 aromatic rings. The smallest absolute Gasteiger partial charge is 0.202 e. The van der Waals surface area contributed by atoms with Crippen molar-refractivity contribution < 1.29 is 9.32 Å². The van der Waals surface area contributed by atoms with E-state index in [2.05, 4.69) is 20.4 Å². The average molecular weight is 284 g/mol. The molecule has 6 nitrogen and oxygen atoms in total. The molecule has 1 aliphatic carbocycles. The van der Waals surface area contributed by atoms with Gasteiger partial charge >= 0.3 is 0 Å². The van der Waals surface area contributed by atoms with Gasteiger partial charge in [0.1, 0.15) is 5.69 Å².